The number of aromatic amines is 1. The fourth-order valence-corrected chi connectivity index (χ4v) is 2.82. The number of hydrogen-bond donors (Lipinski definition) is 2. The number of imidazole rings is 1. The third kappa shape index (κ3) is 2.28. The van der Waals surface area contributed by atoms with Crippen molar-refractivity contribution >= 4 is 15.9 Å². The molecule has 1 heterocycles. The lowest BCUT2D eigenvalue weighted by atomic mass is 10.1. The van der Waals surface area contributed by atoms with E-state index >= 15 is 0 Å². The molecule has 1 aliphatic rings. The zero-order valence-electron chi connectivity index (χ0n) is 9.41. The predicted octanol–water partition coefficient (Wildman–Crippen LogP) is 2.95. The Labute approximate surface area is 109 Å². The summed E-state index contributed by atoms with van der Waals surface area (Å²) in [4.78, 5) is 7.13. The van der Waals surface area contributed by atoms with Crippen molar-refractivity contribution in [2.24, 2.45) is 0 Å². The largest absolute Gasteiger partial charge is 0.347 e. The topological polar surface area (TPSA) is 40.7 Å². The molecular weight excluding hydrogens is 278 g/mol. The Morgan fingerprint density at radius 3 is 3.24 bits per heavy atom. The SMILES string of the molecule is Brc1ccc2c(c1)CCC2NCc1cnc[nH]1. The van der Waals surface area contributed by atoms with E-state index in [0.29, 0.717) is 6.04 Å². The molecule has 17 heavy (non-hydrogen) atoms. The number of H-pyrrole nitrogens is 1. The van der Waals surface area contributed by atoms with Crippen LogP contribution in [0.3, 0.4) is 0 Å². The summed E-state index contributed by atoms with van der Waals surface area (Å²) in [5.41, 5.74) is 4.03. The molecule has 0 saturated heterocycles. The van der Waals surface area contributed by atoms with E-state index in [-0.39, 0.29) is 0 Å². The van der Waals surface area contributed by atoms with Crippen molar-refractivity contribution in [3.63, 3.8) is 0 Å². The molecule has 1 atom stereocenters. The van der Waals surface area contributed by atoms with Crippen LogP contribution < -0.4 is 5.32 Å². The molecule has 1 aromatic heterocycles. The van der Waals surface area contributed by atoms with Gasteiger partial charge in [0.05, 0.1) is 6.33 Å². The average Bonchev–Trinajstić information content (AvgIpc) is 2.94. The van der Waals surface area contributed by atoms with Crippen molar-refractivity contribution in [3.8, 4) is 0 Å². The van der Waals surface area contributed by atoms with Crippen LogP contribution in [-0.2, 0) is 13.0 Å². The molecule has 0 bridgehead atoms. The number of benzene rings is 1. The summed E-state index contributed by atoms with van der Waals surface area (Å²) in [7, 11) is 0. The van der Waals surface area contributed by atoms with Gasteiger partial charge < -0.3 is 10.3 Å². The standard InChI is InChI=1S/C13H14BrN3/c14-10-2-3-12-9(5-10)1-4-13(12)16-7-11-6-15-8-17-11/h2-3,5-6,8,13,16H,1,4,7H2,(H,15,17). The molecule has 0 amide bonds. The molecule has 0 aliphatic heterocycles. The normalized spacial score (nSPS) is 18.3. The fraction of sp³-hybridized carbons (Fsp3) is 0.308. The molecule has 1 aromatic carbocycles. The first-order valence-corrected chi connectivity index (χ1v) is 6.61. The molecule has 4 heteroatoms. The number of hydrogen-bond acceptors (Lipinski definition) is 2. The van der Waals surface area contributed by atoms with Gasteiger partial charge in [0.15, 0.2) is 0 Å². The van der Waals surface area contributed by atoms with E-state index in [1.165, 1.54) is 22.0 Å². The third-order valence-electron chi connectivity index (χ3n) is 3.28. The molecule has 88 valence electrons. The van der Waals surface area contributed by atoms with Crippen LogP contribution in [0.25, 0.3) is 0 Å². The quantitative estimate of drug-likeness (QED) is 0.913. The van der Waals surface area contributed by atoms with Crippen molar-refractivity contribution in [1.29, 1.82) is 0 Å². The van der Waals surface area contributed by atoms with Crippen LogP contribution in [0.1, 0.15) is 29.3 Å². The van der Waals surface area contributed by atoms with Gasteiger partial charge in [-0.25, -0.2) is 4.98 Å². The Bertz CT molecular complexity index is 507. The maximum Gasteiger partial charge on any atom is 0.0922 e. The second-order valence-electron chi connectivity index (χ2n) is 4.39. The minimum atomic E-state index is 0.474. The maximum absolute atomic E-state index is 4.02. The van der Waals surface area contributed by atoms with Crippen LogP contribution in [0.4, 0.5) is 0 Å². The highest BCUT2D eigenvalue weighted by molar-refractivity contribution is 9.10. The molecule has 1 unspecified atom stereocenters. The highest BCUT2D eigenvalue weighted by Crippen LogP contribution is 2.32. The maximum atomic E-state index is 4.02. The predicted molar refractivity (Wildman–Crippen MR) is 70.6 cm³/mol. The van der Waals surface area contributed by atoms with Gasteiger partial charge in [-0.2, -0.15) is 0 Å². The molecule has 0 spiro atoms. The summed E-state index contributed by atoms with van der Waals surface area (Å²) in [6.07, 6.45) is 5.93. The first kappa shape index (κ1) is 11.0. The Hall–Kier alpha value is -1.13. The Balaban J connectivity index is 1.71. The number of aromatic nitrogens is 2. The van der Waals surface area contributed by atoms with E-state index in [0.717, 1.165) is 18.7 Å². The van der Waals surface area contributed by atoms with E-state index in [1.54, 1.807) is 6.33 Å². The second-order valence-corrected chi connectivity index (χ2v) is 5.31. The van der Waals surface area contributed by atoms with Gasteiger partial charge in [0.1, 0.15) is 0 Å². The summed E-state index contributed by atoms with van der Waals surface area (Å²) >= 11 is 3.52. The fourth-order valence-electron chi connectivity index (χ4n) is 2.41. The van der Waals surface area contributed by atoms with E-state index in [9.17, 15) is 0 Å². The molecule has 0 radical (unpaired) electrons. The van der Waals surface area contributed by atoms with E-state index in [1.807, 2.05) is 6.20 Å². The van der Waals surface area contributed by atoms with Crippen molar-refractivity contribution in [1.82, 2.24) is 15.3 Å². The number of nitrogens with zero attached hydrogens (tertiary/aromatic N) is 1. The minimum Gasteiger partial charge on any atom is -0.347 e. The van der Waals surface area contributed by atoms with Crippen LogP contribution in [0, 0.1) is 0 Å². The second kappa shape index (κ2) is 4.63. The summed E-state index contributed by atoms with van der Waals surface area (Å²) in [5, 5.41) is 3.57. The van der Waals surface area contributed by atoms with Gasteiger partial charge in [-0.3, -0.25) is 0 Å². The van der Waals surface area contributed by atoms with Crippen molar-refractivity contribution < 1.29 is 0 Å². The summed E-state index contributed by atoms with van der Waals surface area (Å²) in [6, 6.07) is 7.04. The molecule has 2 N–H and O–H groups in total. The molecule has 1 aliphatic carbocycles. The Morgan fingerprint density at radius 1 is 1.47 bits per heavy atom. The van der Waals surface area contributed by atoms with Crippen molar-refractivity contribution in [2.45, 2.75) is 25.4 Å². The smallest absolute Gasteiger partial charge is 0.0922 e. The van der Waals surface area contributed by atoms with Crippen LogP contribution in [-0.4, -0.2) is 9.97 Å². The van der Waals surface area contributed by atoms with Crippen LogP contribution >= 0.6 is 15.9 Å². The van der Waals surface area contributed by atoms with Gasteiger partial charge in [0.2, 0.25) is 0 Å². The number of halogens is 1. The Kier molecular flexibility index (Phi) is 2.99. The first-order valence-electron chi connectivity index (χ1n) is 5.82. The van der Waals surface area contributed by atoms with Gasteiger partial charge in [-0.15, -0.1) is 0 Å². The monoisotopic (exact) mass is 291 g/mol. The summed E-state index contributed by atoms with van der Waals surface area (Å²) in [5.74, 6) is 0. The van der Waals surface area contributed by atoms with Gasteiger partial charge in [0.25, 0.3) is 0 Å². The average molecular weight is 292 g/mol. The third-order valence-corrected chi connectivity index (χ3v) is 3.77. The number of fused-ring (bicyclic) bond motifs is 1. The van der Waals surface area contributed by atoms with Crippen LogP contribution in [0.5, 0.6) is 0 Å². The highest BCUT2D eigenvalue weighted by Gasteiger charge is 2.21. The van der Waals surface area contributed by atoms with Crippen molar-refractivity contribution in [3.05, 3.63) is 52.0 Å². The minimum absolute atomic E-state index is 0.474. The summed E-state index contributed by atoms with van der Waals surface area (Å²) in [6.45, 7) is 0.847. The molecular formula is C13H14BrN3. The zero-order valence-corrected chi connectivity index (χ0v) is 11.0. The highest BCUT2D eigenvalue weighted by atomic mass is 79.9. The lowest BCUT2D eigenvalue weighted by Crippen LogP contribution is -2.18. The zero-order chi connectivity index (χ0) is 11.7. The van der Waals surface area contributed by atoms with Crippen LogP contribution in [0.15, 0.2) is 35.2 Å². The molecule has 3 nitrogen and oxygen atoms in total. The van der Waals surface area contributed by atoms with Crippen molar-refractivity contribution in [2.75, 3.05) is 0 Å². The van der Waals surface area contributed by atoms with E-state index < -0.39 is 0 Å². The number of nitrogens with one attached hydrogen (secondary N) is 2. The van der Waals surface area contributed by atoms with Gasteiger partial charge >= 0.3 is 0 Å². The number of aryl methyl sites for hydroxylation is 1. The summed E-state index contributed by atoms with van der Waals surface area (Å²) < 4.78 is 1.17. The lowest BCUT2D eigenvalue weighted by Gasteiger charge is -2.13. The molecule has 0 fully saturated rings. The Morgan fingerprint density at radius 2 is 2.41 bits per heavy atom. The van der Waals surface area contributed by atoms with Gasteiger partial charge in [0, 0.05) is 29.0 Å². The van der Waals surface area contributed by atoms with Gasteiger partial charge in [-0.1, -0.05) is 22.0 Å². The van der Waals surface area contributed by atoms with Crippen LogP contribution in [0.2, 0.25) is 0 Å². The lowest BCUT2D eigenvalue weighted by molar-refractivity contribution is 0.526. The van der Waals surface area contributed by atoms with E-state index in [2.05, 4.69) is 49.4 Å². The van der Waals surface area contributed by atoms with Gasteiger partial charge in [-0.05, 0) is 36.1 Å². The molecule has 0 saturated carbocycles. The molecule has 2 aromatic rings. The molecule has 3 rings (SSSR count). The van der Waals surface area contributed by atoms with E-state index in [4.69, 9.17) is 0 Å². The first-order chi connectivity index (χ1) is 8.33. The number of rotatable bonds is 3.